The van der Waals surface area contributed by atoms with E-state index in [-0.39, 0.29) is 11.6 Å². The van der Waals surface area contributed by atoms with Crippen molar-refractivity contribution in [1.29, 1.82) is 0 Å². The molecule has 104 valence electrons. The Kier molecular flexibility index (Phi) is 4.29. The number of methoxy groups -OCH3 is 1. The predicted octanol–water partition coefficient (Wildman–Crippen LogP) is 1.46. The minimum atomic E-state index is -0.441. The Balaban J connectivity index is 2.03. The second-order valence-electron chi connectivity index (χ2n) is 4.57. The van der Waals surface area contributed by atoms with Crippen molar-refractivity contribution in [2.24, 2.45) is 0 Å². The molecule has 0 radical (unpaired) electrons. The van der Waals surface area contributed by atoms with Crippen molar-refractivity contribution in [2.45, 2.75) is 12.0 Å². The van der Waals surface area contributed by atoms with Crippen LogP contribution >= 0.6 is 11.6 Å². The Labute approximate surface area is 117 Å². The van der Waals surface area contributed by atoms with Gasteiger partial charge in [0, 0.05) is 26.7 Å². The number of nitrogen functional groups attached to an aromatic ring is 1. The maximum absolute atomic E-state index is 12.1. The Morgan fingerprint density at radius 2 is 2.42 bits per heavy atom. The molecule has 0 bridgehead atoms. The first-order valence-electron chi connectivity index (χ1n) is 6.03. The Morgan fingerprint density at radius 1 is 1.63 bits per heavy atom. The molecular formula is C13H17ClN2O3. The van der Waals surface area contributed by atoms with Gasteiger partial charge in [-0.25, -0.2) is 0 Å². The minimum Gasteiger partial charge on any atom is -0.397 e. The number of hydrogen-bond donors (Lipinski definition) is 2. The highest BCUT2D eigenvalue weighted by atomic mass is 35.5. The minimum absolute atomic E-state index is 0.261. The van der Waals surface area contributed by atoms with E-state index < -0.39 is 5.60 Å². The van der Waals surface area contributed by atoms with Crippen LogP contribution in [-0.2, 0) is 9.47 Å². The molecule has 5 nitrogen and oxygen atoms in total. The van der Waals surface area contributed by atoms with Gasteiger partial charge in [0.05, 0.1) is 22.9 Å². The standard InChI is InChI=1S/C13H17ClN2O3/c1-18-13(5-6-19-8-13)7-16-12(17)9-3-2-4-10(14)11(9)15/h2-4H,5-8,15H2,1H3,(H,16,17). The second kappa shape index (κ2) is 5.77. The van der Waals surface area contributed by atoms with Crippen LogP contribution in [0.4, 0.5) is 5.69 Å². The summed E-state index contributed by atoms with van der Waals surface area (Å²) in [6.07, 6.45) is 0.759. The van der Waals surface area contributed by atoms with Crippen molar-refractivity contribution >= 4 is 23.2 Å². The first kappa shape index (κ1) is 14.1. The fourth-order valence-electron chi connectivity index (χ4n) is 2.03. The molecule has 1 aliphatic rings. The first-order chi connectivity index (χ1) is 9.08. The van der Waals surface area contributed by atoms with E-state index in [0.29, 0.717) is 30.3 Å². The molecule has 2 rings (SSSR count). The third-order valence-corrected chi connectivity index (χ3v) is 3.70. The maximum Gasteiger partial charge on any atom is 0.253 e. The molecule has 1 saturated heterocycles. The van der Waals surface area contributed by atoms with Gasteiger partial charge in [-0.05, 0) is 12.1 Å². The molecule has 0 spiro atoms. The van der Waals surface area contributed by atoms with E-state index in [2.05, 4.69) is 5.32 Å². The summed E-state index contributed by atoms with van der Waals surface area (Å²) in [7, 11) is 1.62. The molecule has 6 heteroatoms. The zero-order valence-corrected chi connectivity index (χ0v) is 11.5. The van der Waals surface area contributed by atoms with E-state index in [4.69, 9.17) is 26.8 Å². The smallest absolute Gasteiger partial charge is 0.253 e. The lowest BCUT2D eigenvalue weighted by atomic mass is 10.0. The molecule has 0 aromatic heterocycles. The van der Waals surface area contributed by atoms with Crippen molar-refractivity contribution in [1.82, 2.24) is 5.32 Å². The number of ether oxygens (including phenoxy) is 2. The maximum atomic E-state index is 12.1. The summed E-state index contributed by atoms with van der Waals surface area (Å²) < 4.78 is 10.8. The number of carbonyl (C=O) groups is 1. The molecule has 1 fully saturated rings. The zero-order valence-electron chi connectivity index (χ0n) is 10.7. The van der Waals surface area contributed by atoms with E-state index in [1.807, 2.05) is 0 Å². The SMILES string of the molecule is COC1(CNC(=O)c2cccc(Cl)c2N)CCOC1. The monoisotopic (exact) mass is 284 g/mol. The van der Waals surface area contributed by atoms with Gasteiger partial charge >= 0.3 is 0 Å². The predicted molar refractivity (Wildman–Crippen MR) is 73.4 cm³/mol. The highest BCUT2D eigenvalue weighted by Gasteiger charge is 2.35. The van der Waals surface area contributed by atoms with Gasteiger partial charge in [-0.15, -0.1) is 0 Å². The van der Waals surface area contributed by atoms with E-state index in [1.54, 1.807) is 25.3 Å². The normalized spacial score (nSPS) is 22.4. The van der Waals surface area contributed by atoms with E-state index in [0.717, 1.165) is 6.42 Å². The molecule has 0 saturated carbocycles. The van der Waals surface area contributed by atoms with Gasteiger partial charge < -0.3 is 20.5 Å². The van der Waals surface area contributed by atoms with Crippen LogP contribution in [0, 0.1) is 0 Å². The molecule has 0 aliphatic carbocycles. The lowest BCUT2D eigenvalue weighted by molar-refractivity contribution is -0.0148. The molecule has 19 heavy (non-hydrogen) atoms. The second-order valence-corrected chi connectivity index (χ2v) is 4.98. The third-order valence-electron chi connectivity index (χ3n) is 3.37. The van der Waals surface area contributed by atoms with Crippen LogP contribution < -0.4 is 11.1 Å². The average molecular weight is 285 g/mol. The van der Waals surface area contributed by atoms with Crippen LogP contribution in [-0.4, -0.2) is 38.4 Å². The lowest BCUT2D eigenvalue weighted by Gasteiger charge is -2.26. The topological polar surface area (TPSA) is 73.6 Å². The summed E-state index contributed by atoms with van der Waals surface area (Å²) >= 11 is 5.89. The lowest BCUT2D eigenvalue weighted by Crippen LogP contribution is -2.45. The Morgan fingerprint density at radius 3 is 3.05 bits per heavy atom. The van der Waals surface area contributed by atoms with Gasteiger partial charge in [-0.3, -0.25) is 4.79 Å². The molecule has 1 aromatic rings. The summed E-state index contributed by atoms with van der Waals surface area (Å²) in [5.41, 5.74) is 6.00. The molecule has 1 aliphatic heterocycles. The number of anilines is 1. The fraction of sp³-hybridized carbons (Fsp3) is 0.462. The van der Waals surface area contributed by atoms with Crippen molar-refractivity contribution in [3.05, 3.63) is 28.8 Å². The Hall–Kier alpha value is -1.30. The van der Waals surface area contributed by atoms with Crippen molar-refractivity contribution in [3.63, 3.8) is 0 Å². The van der Waals surface area contributed by atoms with Gasteiger partial charge in [0.15, 0.2) is 0 Å². The van der Waals surface area contributed by atoms with E-state index >= 15 is 0 Å². The van der Waals surface area contributed by atoms with Crippen LogP contribution in [0.1, 0.15) is 16.8 Å². The van der Waals surface area contributed by atoms with Crippen molar-refractivity contribution in [2.75, 3.05) is 32.6 Å². The first-order valence-corrected chi connectivity index (χ1v) is 6.41. The number of carbonyl (C=O) groups excluding carboxylic acids is 1. The molecular weight excluding hydrogens is 268 g/mol. The number of nitrogens with two attached hydrogens (primary N) is 1. The Bertz CT molecular complexity index is 473. The molecule has 3 N–H and O–H groups in total. The van der Waals surface area contributed by atoms with Crippen LogP contribution in [0.15, 0.2) is 18.2 Å². The number of rotatable bonds is 4. The van der Waals surface area contributed by atoms with Crippen LogP contribution in [0.3, 0.4) is 0 Å². The highest BCUT2D eigenvalue weighted by molar-refractivity contribution is 6.33. The number of halogens is 1. The van der Waals surface area contributed by atoms with E-state index in [9.17, 15) is 4.79 Å². The van der Waals surface area contributed by atoms with Gasteiger partial charge in [0.25, 0.3) is 5.91 Å². The zero-order chi connectivity index (χ0) is 13.9. The van der Waals surface area contributed by atoms with Gasteiger partial charge in [-0.1, -0.05) is 17.7 Å². The summed E-state index contributed by atoms with van der Waals surface area (Å²) in [6.45, 7) is 1.51. The van der Waals surface area contributed by atoms with Crippen LogP contribution in [0.25, 0.3) is 0 Å². The number of benzene rings is 1. The quantitative estimate of drug-likeness (QED) is 0.821. The number of amides is 1. The van der Waals surface area contributed by atoms with Crippen LogP contribution in [0.5, 0.6) is 0 Å². The fourth-order valence-corrected chi connectivity index (χ4v) is 2.21. The largest absolute Gasteiger partial charge is 0.397 e. The summed E-state index contributed by atoms with van der Waals surface area (Å²) in [4.78, 5) is 12.1. The van der Waals surface area contributed by atoms with Gasteiger partial charge in [0.1, 0.15) is 5.60 Å². The molecule has 1 unspecified atom stereocenters. The highest BCUT2D eigenvalue weighted by Crippen LogP contribution is 2.24. The molecule has 1 atom stereocenters. The number of hydrogen-bond acceptors (Lipinski definition) is 4. The molecule has 1 heterocycles. The van der Waals surface area contributed by atoms with Crippen LogP contribution in [0.2, 0.25) is 5.02 Å². The summed E-state index contributed by atoms with van der Waals surface area (Å²) in [5.74, 6) is -0.261. The van der Waals surface area contributed by atoms with E-state index in [1.165, 1.54) is 0 Å². The molecule has 1 amide bonds. The number of para-hydroxylation sites is 1. The van der Waals surface area contributed by atoms with Crippen molar-refractivity contribution < 1.29 is 14.3 Å². The van der Waals surface area contributed by atoms with Gasteiger partial charge in [-0.2, -0.15) is 0 Å². The third kappa shape index (κ3) is 3.00. The molecule has 1 aromatic carbocycles. The number of nitrogens with one attached hydrogen (secondary N) is 1. The average Bonchev–Trinajstić information content (AvgIpc) is 2.89. The summed E-state index contributed by atoms with van der Waals surface area (Å²) in [5, 5.41) is 3.19. The summed E-state index contributed by atoms with van der Waals surface area (Å²) in [6, 6.07) is 4.98. The van der Waals surface area contributed by atoms with Crippen molar-refractivity contribution in [3.8, 4) is 0 Å². The van der Waals surface area contributed by atoms with Gasteiger partial charge in [0.2, 0.25) is 0 Å².